The van der Waals surface area contributed by atoms with Crippen LogP contribution in [-0.4, -0.2) is 70.9 Å². The monoisotopic (exact) mass is 364 g/mol. The molecule has 1 aromatic carbocycles. The van der Waals surface area contributed by atoms with E-state index in [1.807, 2.05) is 37.4 Å². The number of methoxy groups -OCH3 is 1. The van der Waals surface area contributed by atoms with Crippen molar-refractivity contribution in [3.63, 3.8) is 0 Å². The lowest BCUT2D eigenvalue weighted by molar-refractivity contribution is -0.130. The van der Waals surface area contributed by atoms with Crippen LogP contribution >= 0.6 is 0 Å². The van der Waals surface area contributed by atoms with E-state index in [0.717, 1.165) is 18.5 Å². The fraction of sp³-hybridized carbons (Fsp3) is 0.579. The number of hydrogen-bond acceptors (Lipinski definition) is 4. The van der Waals surface area contributed by atoms with Gasteiger partial charge in [0, 0.05) is 53.9 Å². The number of nitrogens with one attached hydrogen (secondary N) is 2. The normalized spacial score (nSPS) is 11.3. The maximum absolute atomic E-state index is 12.2. The van der Waals surface area contributed by atoms with Crippen molar-refractivity contribution in [1.82, 2.24) is 15.5 Å². The second-order valence-electron chi connectivity index (χ2n) is 5.87. The first-order valence-corrected chi connectivity index (χ1v) is 8.96. The highest BCUT2D eigenvalue weighted by Gasteiger charge is 2.09. The molecule has 146 valence electrons. The summed E-state index contributed by atoms with van der Waals surface area (Å²) in [7, 11) is 5.20. The third-order valence-electron chi connectivity index (χ3n) is 3.73. The lowest BCUT2D eigenvalue weighted by Crippen LogP contribution is -2.40. The maximum Gasteiger partial charge on any atom is 0.224 e. The molecule has 1 rings (SSSR count). The summed E-state index contributed by atoms with van der Waals surface area (Å²) in [5, 5.41) is 6.37. The molecule has 0 aliphatic rings. The molecule has 2 N–H and O–H groups in total. The zero-order valence-electron chi connectivity index (χ0n) is 16.2. The van der Waals surface area contributed by atoms with Gasteiger partial charge in [-0.3, -0.25) is 9.79 Å². The molecule has 0 unspecified atom stereocenters. The zero-order chi connectivity index (χ0) is 19.0. The number of benzene rings is 1. The second kappa shape index (κ2) is 14.1. The molecule has 0 aliphatic heterocycles. The molecule has 0 atom stereocenters. The molecule has 7 heteroatoms. The Morgan fingerprint density at radius 3 is 2.54 bits per heavy atom. The van der Waals surface area contributed by atoms with Crippen molar-refractivity contribution < 1.29 is 14.3 Å². The van der Waals surface area contributed by atoms with Crippen LogP contribution in [0.25, 0.3) is 0 Å². The summed E-state index contributed by atoms with van der Waals surface area (Å²) < 4.78 is 10.3. The van der Waals surface area contributed by atoms with E-state index in [4.69, 9.17) is 9.47 Å². The molecule has 1 amide bonds. The van der Waals surface area contributed by atoms with Crippen molar-refractivity contribution >= 4 is 11.9 Å². The summed E-state index contributed by atoms with van der Waals surface area (Å²) in [6.45, 7) is 3.83. The minimum absolute atomic E-state index is 0.100. The number of nitrogens with zero attached hydrogens (tertiary/aromatic N) is 2. The van der Waals surface area contributed by atoms with E-state index in [-0.39, 0.29) is 5.91 Å². The number of aliphatic imine (C=N–C) groups is 1. The van der Waals surface area contributed by atoms with E-state index in [9.17, 15) is 4.79 Å². The van der Waals surface area contributed by atoms with Crippen molar-refractivity contribution in [1.29, 1.82) is 0 Å². The topological polar surface area (TPSA) is 75.2 Å². The molecule has 0 saturated heterocycles. The Bertz CT molecular complexity index is 523. The largest absolute Gasteiger partial charge is 0.382 e. The first-order chi connectivity index (χ1) is 12.7. The molecule has 0 fully saturated rings. The molecule has 0 heterocycles. The van der Waals surface area contributed by atoms with Crippen LogP contribution < -0.4 is 10.6 Å². The SMILES string of the molecule is CN=C(NCCCOCCOC)NCCC(=O)N(C)Cc1ccccc1. The van der Waals surface area contributed by atoms with Crippen LogP contribution in [-0.2, 0) is 20.8 Å². The maximum atomic E-state index is 12.2. The number of carbonyl (C=O) groups excluding carboxylic acids is 1. The van der Waals surface area contributed by atoms with Gasteiger partial charge in [0.2, 0.25) is 5.91 Å². The predicted molar refractivity (Wildman–Crippen MR) is 104 cm³/mol. The smallest absolute Gasteiger partial charge is 0.224 e. The van der Waals surface area contributed by atoms with E-state index in [1.165, 1.54) is 0 Å². The first-order valence-electron chi connectivity index (χ1n) is 8.96. The van der Waals surface area contributed by atoms with Crippen LogP contribution in [0.4, 0.5) is 0 Å². The number of amides is 1. The number of hydrogen-bond donors (Lipinski definition) is 2. The van der Waals surface area contributed by atoms with Gasteiger partial charge in [-0.05, 0) is 12.0 Å². The van der Waals surface area contributed by atoms with Crippen LogP contribution in [0.15, 0.2) is 35.3 Å². The van der Waals surface area contributed by atoms with Gasteiger partial charge in [-0.1, -0.05) is 30.3 Å². The molecule has 0 radical (unpaired) electrons. The van der Waals surface area contributed by atoms with Crippen LogP contribution in [0.3, 0.4) is 0 Å². The van der Waals surface area contributed by atoms with Gasteiger partial charge in [0.05, 0.1) is 13.2 Å². The Balaban J connectivity index is 2.14. The van der Waals surface area contributed by atoms with Crippen LogP contribution in [0.2, 0.25) is 0 Å². The average molecular weight is 364 g/mol. The quantitative estimate of drug-likeness (QED) is 0.332. The summed E-state index contributed by atoms with van der Waals surface area (Å²) in [6, 6.07) is 9.97. The zero-order valence-corrected chi connectivity index (χ0v) is 16.2. The Morgan fingerprint density at radius 1 is 1.12 bits per heavy atom. The van der Waals surface area contributed by atoms with Gasteiger partial charge in [-0.15, -0.1) is 0 Å². The highest BCUT2D eigenvalue weighted by Crippen LogP contribution is 2.03. The lowest BCUT2D eigenvalue weighted by Gasteiger charge is -2.18. The minimum Gasteiger partial charge on any atom is -0.382 e. The Labute approximate surface area is 156 Å². The molecular formula is C19H32N4O3. The molecule has 0 saturated carbocycles. The summed E-state index contributed by atoms with van der Waals surface area (Å²) in [5.74, 6) is 0.795. The van der Waals surface area contributed by atoms with Crippen molar-refractivity contribution in [3.8, 4) is 0 Å². The number of ether oxygens (including phenoxy) is 2. The molecule has 0 aliphatic carbocycles. The third kappa shape index (κ3) is 10.0. The molecule has 1 aromatic rings. The van der Waals surface area contributed by atoms with E-state index in [0.29, 0.717) is 45.3 Å². The second-order valence-corrected chi connectivity index (χ2v) is 5.87. The van der Waals surface area contributed by atoms with E-state index >= 15 is 0 Å². The van der Waals surface area contributed by atoms with Crippen molar-refractivity contribution in [2.45, 2.75) is 19.4 Å². The highest BCUT2D eigenvalue weighted by atomic mass is 16.5. The van der Waals surface area contributed by atoms with E-state index in [1.54, 1.807) is 19.1 Å². The summed E-state index contributed by atoms with van der Waals surface area (Å²) in [5.41, 5.74) is 1.13. The first kappa shape index (κ1) is 21.9. The van der Waals surface area contributed by atoms with Gasteiger partial charge in [0.15, 0.2) is 5.96 Å². The predicted octanol–water partition coefficient (Wildman–Crippen LogP) is 1.25. The number of carbonyl (C=O) groups is 1. The Kier molecular flexibility index (Phi) is 11.9. The average Bonchev–Trinajstić information content (AvgIpc) is 2.66. The Morgan fingerprint density at radius 2 is 1.85 bits per heavy atom. The minimum atomic E-state index is 0.100. The molecule has 0 spiro atoms. The summed E-state index contributed by atoms with van der Waals surface area (Å²) >= 11 is 0. The van der Waals surface area contributed by atoms with Gasteiger partial charge in [0.1, 0.15) is 0 Å². The van der Waals surface area contributed by atoms with Crippen molar-refractivity contribution in [2.24, 2.45) is 4.99 Å². The van der Waals surface area contributed by atoms with E-state index < -0.39 is 0 Å². The number of rotatable bonds is 12. The van der Waals surface area contributed by atoms with Crippen molar-refractivity contribution in [2.75, 3.05) is 54.1 Å². The summed E-state index contributed by atoms with van der Waals surface area (Å²) in [6.07, 6.45) is 1.30. The molecule has 0 aromatic heterocycles. The van der Waals surface area contributed by atoms with Gasteiger partial charge >= 0.3 is 0 Å². The molecule has 26 heavy (non-hydrogen) atoms. The summed E-state index contributed by atoms with van der Waals surface area (Å²) in [4.78, 5) is 18.1. The van der Waals surface area contributed by atoms with Gasteiger partial charge < -0.3 is 25.0 Å². The van der Waals surface area contributed by atoms with Gasteiger partial charge in [-0.2, -0.15) is 0 Å². The van der Waals surface area contributed by atoms with Crippen LogP contribution in [0.5, 0.6) is 0 Å². The fourth-order valence-corrected chi connectivity index (χ4v) is 2.27. The van der Waals surface area contributed by atoms with Crippen LogP contribution in [0, 0.1) is 0 Å². The molecule has 7 nitrogen and oxygen atoms in total. The Hall–Kier alpha value is -2.12. The van der Waals surface area contributed by atoms with Crippen LogP contribution in [0.1, 0.15) is 18.4 Å². The standard InChI is InChI=1S/C19H32N4O3/c1-20-19(21-11-7-13-26-15-14-25-3)22-12-10-18(24)23(2)16-17-8-5-4-6-9-17/h4-6,8-9H,7,10-16H2,1-3H3,(H2,20,21,22). The van der Waals surface area contributed by atoms with E-state index in [2.05, 4.69) is 15.6 Å². The van der Waals surface area contributed by atoms with Gasteiger partial charge in [-0.25, -0.2) is 0 Å². The molecular weight excluding hydrogens is 332 g/mol. The lowest BCUT2D eigenvalue weighted by atomic mass is 10.2. The van der Waals surface area contributed by atoms with Gasteiger partial charge in [0.25, 0.3) is 0 Å². The highest BCUT2D eigenvalue weighted by molar-refractivity contribution is 5.81. The van der Waals surface area contributed by atoms with Crippen molar-refractivity contribution in [3.05, 3.63) is 35.9 Å². The third-order valence-corrected chi connectivity index (χ3v) is 3.73. The fourth-order valence-electron chi connectivity index (χ4n) is 2.27. The number of guanidine groups is 1. The molecule has 0 bridgehead atoms.